The lowest BCUT2D eigenvalue weighted by Crippen LogP contribution is -2.35. The van der Waals surface area contributed by atoms with Crippen molar-refractivity contribution in [2.24, 2.45) is 17.6 Å². The number of hydrogen-bond acceptors (Lipinski definition) is 2. The van der Waals surface area contributed by atoms with E-state index >= 15 is 0 Å². The Balaban J connectivity index is 1.90. The topological polar surface area (TPSA) is 29.3 Å². The van der Waals surface area contributed by atoms with Crippen molar-refractivity contribution >= 4 is 11.6 Å². The second kappa shape index (κ2) is 7.28. The molecule has 19 heavy (non-hydrogen) atoms. The summed E-state index contributed by atoms with van der Waals surface area (Å²) in [7, 11) is 2.19. The fourth-order valence-electron chi connectivity index (χ4n) is 3.22. The second-order valence-electron chi connectivity index (χ2n) is 5.83. The quantitative estimate of drug-likeness (QED) is 0.894. The van der Waals surface area contributed by atoms with Gasteiger partial charge in [0, 0.05) is 18.1 Å². The Kier molecular flexibility index (Phi) is 5.68. The Morgan fingerprint density at radius 1 is 1.21 bits per heavy atom. The fourth-order valence-corrected chi connectivity index (χ4v) is 3.41. The SMILES string of the molecule is CN(Cc1ccccc1Cl)CC1CCCCC1CN. The molecule has 2 atom stereocenters. The Labute approximate surface area is 121 Å². The van der Waals surface area contributed by atoms with E-state index in [9.17, 15) is 0 Å². The van der Waals surface area contributed by atoms with Gasteiger partial charge in [-0.1, -0.05) is 42.6 Å². The maximum atomic E-state index is 6.22. The van der Waals surface area contributed by atoms with Crippen LogP contribution in [-0.4, -0.2) is 25.0 Å². The predicted octanol–water partition coefficient (Wildman–Crippen LogP) is 3.54. The Bertz CT molecular complexity index is 394. The molecule has 0 saturated heterocycles. The highest BCUT2D eigenvalue weighted by molar-refractivity contribution is 6.31. The van der Waals surface area contributed by atoms with Crippen molar-refractivity contribution in [2.75, 3.05) is 20.1 Å². The molecular weight excluding hydrogens is 256 g/mol. The normalized spacial score (nSPS) is 23.8. The predicted molar refractivity (Wildman–Crippen MR) is 82.3 cm³/mol. The van der Waals surface area contributed by atoms with E-state index < -0.39 is 0 Å². The van der Waals surface area contributed by atoms with Crippen molar-refractivity contribution in [1.29, 1.82) is 0 Å². The molecule has 0 spiro atoms. The summed E-state index contributed by atoms with van der Waals surface area (Å²) in [5.41, 5.74) is 7.12. The molecule has 2 nitrogen and oxygen atoms in total. The number of halogens is 1. The molecule has 2 N–H and O–H groups in total. The van der Waals surface area contributed by atoms with Crippen LogP contribution in [0.3, 0.4) is 0 Å². The maximum Gasteiger partial charge on any atom is 0.0451 e. The van der Waals surface area contributed by atoms with Crippen molar-refractivity contribution in [3.63, 3.8) is 0 Å². The molecule has 106 valence electrons. The van der Waals surface area contributed by atoms with Crippen LogP contribution in [0.25, 0.3) is 0 Å². The summed E-state index contributed by atoms with van der Waals surface area (Å²) < 4.78 is 0. The van der Waals surface area contributed by atoms with Crippen LogP contribution < -0.4 is 5.73 Å². The molecule has 3 heteroatoms. The summed E-state index contributed by atoms with van der Waals surface area (Å²) >= 11 is 6.22. The van der Waals surface area contributed by atoms with Gasteiger partial charge in [-0.2, -0.15) is 0 Å². The van der Waals surface area contributed by atoms with Crippen LogP contribution in [0.1, 0.15) is 31.2 Å². The molecule has 1 aliphatic rings. The Morgan fingerprint density at radius 3 is 2.58 bits per heavy atom. The van der Waals surface area contributed by atoms with Crippen LogP contribution in [0.15, 0.2) is 24.3 Å². The molecule has 0 radical (unpaired) electrons. The average Bonchev–Trinajstić information content (AvgIpc) is 2.42. The van der Waals surface area contributed by atoms with Gasteiger partial charge in [0.2, 0.25) is 0 Å². The van der Waals surface area contributed by atoms with Gasteiger partial charge in [-0.05, 0) is 49.9 Å². The third kappa shape index (κ3) is 4.20. The minimum absolute atomic E-state index is 0.711. The molecule has 1 aromatic rings. The minimum Gasteiger partial charge on any atom is -0.330 e. The van der Waals surface area contributed by atoms with Crippen molar-refractivity contribution in [1.82, 2.24) is 4.90 Å². The van der Waals surface area contributed by atoms with E-state index in [0.717, 1.165) is 30.6 Å². The van der Waals surface area contributed by atoms with E-state index in [1.54, 1.807) is 0 Å². The highest BCUT2D eigenvalue weighted by atomic mass is 35.5. The monoisotopic (exact) mass is 280 g/mol. The zero-order valence-corrected chi connectivity index (χ0v) is 12.6. The van der Waals surface area contributed by atoms with Gasteiger partial charge in [0.05, 0.1) is 0 Å². The molecule has 1 fully saturated rings. The first kappa shape index (κ1) is 14.8. The standard InChI is InChI=1S/C16H25ClN2/c1-19(12-15-8-4-5-9-16(15)17)11-14-7-3-2-6-13(14)10-18/h4-5,8-9,13-14H,2-3,6-7,10-12,18H2,1H3. The average molecular weight is 281 g/mol. The van der Waals surface area contributed by atoms with Crippen LogP contribution >= 0.6 is 11.6 Å². The number of hydrogen-bond donors (Lipinski definition) is 1. The first-order valence-corrected chi connectivity index (χ1v) is 7.70. The van der Waals surface area contributed by atoms with E-state index in [-0.39, 0.29) is 0 Å². The van der Waals surface area contributed by atoms with E-state index in [2.05, 4.69) is 24.1 Å². The van der Waals surface area contributed by atoms with Crippen LogP contribution in [-0.2, 0) is 6.54 Å². The summed E-state index contributed by atoms with van der Waals surface area (Å²) in [6.45, 7) is 2.89. The van der Waals surface area contributed by atoms with E-state index in [1.165, 1.54) is 31.2 Å². The molecular formula is C16H25ClN2. The number of nitrogens with two attached hydrogens (primary N) is 1. The Morgan fingerprint density at radius 2 is 1.89 bits per heavy atom. The van der Waals surface area contributed by atoms with E-state index in [1.807, 2.05) is 12.1 Å². The van der Waals surface area contributed by atoms with Gasteiger partial charge >= 0.3 is 0 Å². The van der Waals surface area contributed by atoms with Crippen molar-refractivity contribution < 1.29 is 0 Å². The highest BCUT2D eigenvalue weighted by Crippen LogP contribution is 2.30. The summed E-state index contributed by atoms with van der Waals surface area (Å²) in [5.74, 6) is 1.47. The largest absolute Gasteiger partial charge is 0.330 e. The van der Waals surface area contributed by atoms with Crippen LogP contribution in [0.2, 0.25) is 5.02 Å². The lowest BCUT2D eigenvalue weighted by molar-refractivity contribution is 0.170. The van der Waals surface area contributed by atoms with Gasteiger partial charge in [0.15, 0.2) is 0 Å². The molecule has 2 rings (SSSR count). The zero-order chi connectivity index (χ0) is 13.7. The third-order valence-electron chi connectivity index (χ3n) is 4.31. The third-order valence-corrected chi connectivity index (χ3v) is 4.68. The van der Waals surface area contributed by atoms with Crippen LogP contribution in [0.4, 0.5) is 0 Å². The van der Waals surface area contributed by atoms with Gasteiger partial charge in [0.1, 0.15) is 0 Å². The summed E-state index contributed by atoms with van der Waals surface area (Å²) in [6.07, 6.45) is 5.35. The summed E-state index contributed by atoms with van der Waals surface area (Å²) in [4.78, 5) is 2.39. The molecule has 0 aromatic heterocycles. The van der Waals surface area contributed by atoms with Crippen LogP contribution in [0.5, 0.6) is 0 Å². The van der Waals surface area contributed by atoms with Gasteiger partial charge in [-0.25, -0.2) is 0 Å². The number of nitrogens with zero attached hydrogens (tertiary/aromatic N) is 1. The van der Waals surface area contributed by atoms with Crippen molar-refractivity contribution in [3.05, 3.63) is 34.9 Å². The van der Waals surface area contributed by atoms with Gasteiger partial charge in [0.25, 0.3) is 0 Å². The summed E-state index contributed by atoms with van der Waals surface area (Å²) in [6, 6.07) is 8.11. The zero-order valence-electron chi connectivity index (χ0n) is 11.8. The highest BCUT2D eigenvalue weighted by Gasteiger charge is 2.24. The number of benzene rings is 1. The first-order chi connectivity index (χ1) is 9.20. The molecule has 0 amide bonds. The fraction of sp³-hybridized carbons (Fsp3) is 0.625. The second-order valence-corrected chi connectivity index (χ2v) is 6.24. The molecule has 1 saturated carbocycles. The van der Waals surface area contributed by atoms with E-state index in [0.29, 0.717) is 5.92 Å². The first-order valence-electron chi connectivity index (χ1n) is 7.32. The van der Waals surface area contributed by atoms with E-state index in [4.69, 9.17) is 17.3 Å². The molecule has 0 heterocycles. The van der Waals surface area contributed by atoms with Gasteiger partial charge < -0.3 is 10.6 Å². The van der Waals surface area contributed by atoms with Crippen molar-refractivity contribution in [2.45, 2.75) is 32.2 Å². The minimum atomic E-state index is 0.711. The lowest BCUT2D eigenvalue weighted by Gasteiger charge is -2.33. The van der Waals surface area contributed by atoms with Crippen molar-refractivity contribution in [3.8, 4) is 0 Å². The van der Waals surface area contributed by atoms with Gasteiger partial charge in [-0.3, -0.25) is 0 Å². The molecule has 1 aromatic carbocycles. The van der Waals surface area contributed by atoms with Gasteiger partial charge in [-0.15, -0.1) is 0 Å². The summed E-state index contributed by atoms with van der Waals surface area (Å²) in [5, 5.41) is 0.869. The molecule has 1 aliphatic carbocycles. The molecule has 0 aliphatic heterocycles. The Hall–Kier alpha value is -0.570. The van der Waals surface area contributed by atoms with Crippen LogP contribution in [0, 0.1) is 11.8 Å². The smallest absolute Gasteiger partial charge is 0.0451 e. The maximum absolute atomic E-state index is 6.22. The molecule has 0 bridgehead atoms. The lowest BCUT2D eigenvalue weighted by atomic mass is 9.79. The number of rotatable bonds is 5. The molecule has 2 unspecified atom stereocenters.